The van der Waals surface area contributed by atoms with Crippen LogP contribution in [0.1, 0.15) is 38.0 Å². The van der Waals surface area contributed by atoms with Crippen LogP contribution in [0.3, 0.4) is 0 Å². The zero-order valence-electron chi connectivity index (χ0n) is 11.7. The monoisotopic (exact) mass is 263 g/mol. The number of nitrogens with zero attached hydrogens (tertiary/aromatic N) is 3. The largest absolute Gasteiger partial charge is 0.359 e. The van der Waals surface area contributed by atoms with Crippen molar-refractivity contribution >= 4 is 12.1 Å². The van der Waals surface area contributed by atoms with Crippen LogP contribution in [-0.2, 0) is 4.79 Å². The molecular weight excluding hydrogens is 242 g/mol. The van der Waals surface area contributed by atoms with E-state index in [4.69, 9.17) is 4.52 Å². The predicted molar refractivity (Wildman–Crippen MR) is 75.1 cm³/mol. The van der Waals surface area contributed by atoms with Crippen molar-refractivity contribution in [1.82, 2.24) is 10.1 Å². The third kappa shape index (κ3) is 5.50. The van der Waals surface area contributed by atoms with E-state index in [-0.39, 0.29) is 11.9 Å². The van der Waals surface area contributed by atoms with E-state index in [2.05, 4.69) is 16.2 Å². The Morgan fingerprint density at radius 1 is 1.53 bits per heavy atom. The Hall–Kier alpha value is -1.91. The topological polar surface area (TPSA) is 58.7 Å². The summed E-state index contributed by atoms with van der Waals surface area (Å²) in [5.74, 6) is 0.643. The van der Waals surface area contributed by atoms with Gasteiger partial charge in [-0.15, -0.1) is 0 Å². The summed E-state index contributed by atoms with van der Waals surface area (Å²) in [4.78, 5) is 17.7. The fraction of sp³-hybridized carbons (Fsp3) is 0.500. The molecule has 0 aliphatic heterocycles. The molecule has 1 rings (SSSR count). The molecule has 0 fully saturated rings. The Morgan fingerprint density at radius 2 is 2.32 bits per heavy atom. The SMILES string of the molecule is CC=CCCC=NC(CC(=O)N(C)C)c1ccno1. The van der Waals surface area contributed by atoms with Crippen LogP contribution in [0.25, 0.3) is 0 Å². The first-order valence-corrected chi connectivity index (χ1v) is 6.38. The normalized spacial score (nSPS) is 13.2. The number of unbranched alkanes of at least 4 members (excludes halogenated alkanes) is 1. The highest BCUT2D eigenvalue weighted by atomic mass is 16.5. The Labute approximate surface area is 114 Å². The first-order valence-electron chi connectivity index (χ1n) is 6.38. The highest BCUT2D eigenvalue weighted by Crippen LogP contribution is 2.21. The standard InChI is InChI=1S/C14H21N3O2/c1-4-5-6-7-9-15-12(11-14(18)17(2)3)13-8-10-16-19-13/h4-5,8-10,12H,6-7,11H2,1-3H3. The quantitative estimate of drug-likeness (QED) is 0.431. The Balaban J connectivity index is 2.63. The lowest BCUT2D eigenvalue weighted by molar-refractivity contribution is -0.129. The molecule has 0 spiro atoms. The minimum atomic E-state index is -0.289. The minimum Gasteiger partial charge on any atom is -0.359 e. The highest BCUT2D eigenvalue weighted by molar-refractivity contribution is 5.76. The van der Waals surface area contributed by atoms with Gasteiger partial charge in [0.25, 0.3) is 0 Å². The third-order valence-electron chi connectivity index (χ3n) is 2.64. The second-order valence-electron chi connectivity index (χ2n) is 4.40. The smallest absolute Gasteiger partial charge is 0.224 e. The van der Waals surface area contributed by atoms with Crippen LogP contribution < -0.4 is 0 Å². The van der Waals surface area contributed by atoms with Gasteiger partial charge in [-0.1, -0.05) is 17.3 Å². The van der Waals surface area contributed by atoms with E-state index in [9.17, 15) is 4.79 Å². The van der Waals surface area contributed by atoms with E-state index in [1.165, 1.54) is 0 Å². The summed E-state index contributed by atoms with van der Waals surface area (Å²) in [5.41, 5.74) is 0. The average Bonchev–Trinajstić information content (AvgIpc) is 2.90. The molecule has 0 aromatic carbocycles. The van der Waals surface area contributed by atoms with Crippen molar-refractivity contribution < 1.29 is 9.32 Å². The van der Waals surface area contributed by atoms with Gasteiger partial charge in [-0.3, -0.25) is 9.79 Å². The van der Waals surface area contributed by atoms with Crippen molar-refractivity contribution in [2.75, 3.05) is 14.1 Å². The van der Waals surface area contributed by atoms with Gasteiger partial charge >= 0.3 is 0 Å². The number of allylic oxidation sites excluding steroid dienone is 2. The lowest BCUT2D eigenvalue weighted by Crippen LogP contribution is -2.23. The number of aliphatic imine (C=N–C) groups is 1. The van der Waals surface area contributed by atoms with Crippen molar-refractivity contribution in [1.29, 1.82) is 0 Å². The van der Waals surface area contributed by atoms with E-state index in [1.54, 1.807) is 31.3 Å². The van der Waals surface area contributed by atoms with Crippen LogP contribution >= 0.6 is 0 Å². The molecule has 0 radical (unpaired) electrons. The number of carbonyl (C=O) groups excluding carboxylic acids is 1. The van der Waals surface area contributed by atoms with Crippen molar-refractivity contribution in [2.45, 2.75) is 32.2 Å². The van der Waals surface area contributed by atoms with Crippen LogP contribution in [0.15, 0.2) is 33.9 Å². The average molecular weight is 263 g/mol. The zero-order valence-corrected chi connectivity index (χ0v) is 11.7. The van der Waals surface area contributed by atoms with Crippen molar-refractivity contribution in [2.24, 2.45) is 4.99 Å². The zero-order chi connectivity index (χ0) is 14.1. The summed E-state index contributed by atoms with van der Waals surface area (Å²) < 4.78 is 5.11. The second kappa shape index (κ2) is 8.24. The predicted octanol–water partition coefficient (Wildman–Crippen LogP) is 2.62. The van der Waals surface area contributed by atoms with Gasteiger partial charge in [-0.05, 0) is 26.0 Å². The molecule has 1 heterocycles. The Bertz CT molecular complexity index is 422. The molecule has 19 heavy (non-hydrogen) atoms. The van der Waals surface area contributed by atoms with Gasteiger partial charge in [0, 0.05) is 20.2 Å². The first-order chi connectivity index (χ1) is 9.15. The van der Waals surface area contributed by atoms with Gasteiger partial charge in [0.15, 0.2) is 5.76 Å². The molecule has 1 aromatic rings. The molecule has 0 aliphatic carbocycles. The molecule has 1 unspecified atom stereocenters. The maximum atomic E-state index is 11.8. The van der Waals surface area contributed by atoms with Crippen molar-refractivity contribution in [3.8, 4) is 0 Å². The highest BCUT2D eigenvalue weighted by Gasteiger charge is 2.18. The second-order valence-corrected chi connectivity index (χ2v) is 4.40. The van der Waals surface area contributed by atoms with Crippen LogP contribution in [-0.4, -0.2) is 36.3 Å². The summed E-state index contributed by atoms with van der Waals surface area (Å²) in [6, 6.07) is 1.46. The summed E-state index contributed by atoms with van der Waals surface area (Å²) >= 11 is 0. The third-order valence-corrected chi connectivity index (χ3v) is 2.64. The maximum Gasteiger partial charge on any atom is 0.224 e. The minimum absolute atomic E-state index is 0.0204. The fourth-order valence-corrected chi connectivity index (χ4v) is 1.51. The van der Waals surface area contributed by atoms with Crippen LogP contribution in [0.2, 0.25) is 0 Å². The summed E-state index contributed by atoms with van der Waals surface area (Å²) in [5, 5.41) is 3.67. The summed E-state index contributed by atoms with van der Waals surface area (Å²) in [7, 11) is 3.46. The molecule has 1 amide bonds. The number of rotatable bonds is 7. The van der Waals surface area contributed by atoms with E-state index < -0.39 is 0 Å². The number of hydrogen-bond acceptors (Lipinski definition) is 4. The van der Waals surface area contributed by atoms with E-state index in [0.29, 0.717) is 12.2 Å². The lowest BCUT2D eigenvalue weighted by Gasteiger charge is -2.13. The molecule has 0 aliphatic rings. The van der Waals surface area contributed by atoms with Crippen molar-refractivity contribution in [3.05, 3.63) is 30.2 Å². The lowest BCUT2D eigenvalue weighted by atomic mass is 10.1. The molecule has 5 nitrogen and oxygen atoms in total. The molecule has 104 valence electrons. The molecular formula is C14H21N3O2. The van der Waals surface area contributed by atoms with Gasteiger partial charge in [0.1, 0.15) is 6.04 Å². The molecule has 0 bridgehead atoms. The van der Waals surface area contributed by atoms with Crippen LogP contribution in [0.5, 0.6) is 0 Å². The summed E-state index contributed by atoms with van der Waals surface area (Å²) in [6.07, 6.45) is 9.60. The molecule has 0 N–H and O–H groups in total. The van der Waals surface area contributed by atoms with Gasteiger partial charge in [-0.2, -0.15) is 0 Å². The molecule has 1 atom stereocenters. The first kappa shape index (κ1) is 15.1. The Kier molecular flexibility index (Phi) is 6.57. The van der Waals surface area contributed by atoms with E-state index in [1.807, 2.05) is 19.2 Å². The van der Waals surface area contributed by atoms with Crippen molar-refractivity contribution in [3.63, 3.8) is 0 Å². The van der Waals surface area contributed by atoms with Crippen LogP contribution in [0.4, 0.5) is 0 Å². The van der Waals surface area contributed by atoms with Gasteiger partial charge in [0.05, 0.1) is 12.6 Å². The van der Waals surface area contributed by atoms with E-state index >= 15 is 0 Å². The van der Waals surface area contributed by atoms with Crippen LogP contribution in [0, 0.1) is 0 Å². The molecule has 5 heteroatoms. The number of carbonyl (C=O) groups is 1. The van der Waals surface area contributed by atoms with E-state index in [0.717, 1.165) is 12.8 Å². The summed E-state index contributed by atoms with van der Waals surface area (Å²) in [6.45, 7) is 1.99. The molecule has 0 saturated heterocycles. The maximum absolute atomic E-state index is 11.8. The molecule has 0 saturated carbocycles. The molecule has 1 aromatic heterocycles. The number of hydrogen-bond donors (Lipinski definition) is 0. The van der Waals surface area contributed by atoms with Gasteiger partial charge in [-0.25, -0.2) is 0 Å². The van der Waals surface area contributed by atoms with Gasteiger partial charge < -0.3 is 9.42 Å². The van der Waals surface area contributed by atoms with Gasteiger partial charge in [0.2, 0.25) is 5.91 Å². The fourth-order valence-electron chi connectivity index (χ4n) is 1.51. The Morgan fingerprint density at radius 3 is 2.89 bits per heavy atom. The number of amides is 1. The number of aromatic nitrogens is 1.